The van der Waals surface area contributed by atoms with E-state index in [2.05, 4.69) is 15.4 Å². The van der Waals surface area contributed by atoms with Crippen LogP contribution in [0.2, 0.25) is 0 Å². The quantitative estimate of drug-likeness (QED) is 0.620. The number of hydrogen-bond acceptors (Lipinski definition) is 4. The van der Waals surface area contributed by atoms with E-state index in [9.17, 15) is 4.39 Å². The van der Waals surface area contributed by atoms with Crippen LogP contribution in [0, 0.1) is 5.82 Å². The average molecular weight is 308 g/mol. The van der Waals surface area contributed by atoms with Gasteiger partial charge in [-0.25, -0.2) is 4.39 Å². The van der Waals surface area contributed by atoms with Crippen LogP contribution in [-0.2, 0) is 6.54 Å². The van der Waals surface area contributed by atoms with E-state index in [1.807, 2.05) is 41.2 Å². The largest absolute Gasteiger partial charge is 0.423 e. The van der Waals surface area contributed by atoms with Gasteiger partial charge in [0.05, 0.1) is 6.54 Å². The predicted molar refractivity (Wildman–Crippen MR) is 85.0 cm³/mol. The molecule has 0 saturated carbocycles. The molecule has 6 heteroatoms. The fourth-order valence-corrected chi connectivity index (χ4v) is 2.40. The van der Waals surface area contributed by atoms with Gasteiger partial charge < -0.3 is 9.73 Å². The van der Waals surface area contributed by atoms with Crippen molar-refractivity contribution in [2.45, 2.75) is 6.54 Å². The molecule has 2 aromatic carbocycles. The lowest BCUT2D eigenvalue weighted by atomic mass is 10.2. The molecule has 0 radical (unpaired) electrons. The van der Waals surface area contributed by atoms with Crippen molar-refractivity contribution in [3.63, 3.8) is 0 Å². The number of nitrogens with one attached hydrogen (secondary N) is 1. The van der Waals surface area contributed by atoms with Crippen molar-refractivity contribution in [3.8, 4) is 0 Å². The summed E-state index contributed by atoms with van der Waals surface area (Å²) in [5, 5.41) is 7.30. The van der Waals surface area contributed by atoms with Gasteiger partial charge in [-0.1, -0.05) is 12.1 Å². The molecule has 0 unspecified atom stereocenters. The molecule has 114 valence electrons. The minimum absolute atomic E-state index is 0.335. The van der Waals surface area contributed by atoms with Gasteiger partial charge in [0, 0.05) is 24.1 Å². The van der Waals surface area contributed by atoms with Crippen molar-refractivity contribution in [3.05, 3.63) is 72.3 Å². The maximum atomic E-state index is 13.2. The minimum Gasteiger partial charge on any atom is -0.423 e. The highest BCUT2D eigenvalue weighted by molar-refractivity contribution is 5.75. The third kappa shape index (κ3) is 2.91. The molecule has 23 heavy (non-hydrogen) atoms. The number of oxazole rings is 1. The van der Waals surface area contributed by atoms with Gasteiger partial charge in [-0.2, -0.15) is 10.1 Å². The van der Waals surface area contributed by atoms with Gasteiger partial charge in [0.15, 0.2) is 5.58 Å². The first-order valence-electron chi connectivity index (χ1n) is 7.16. The lowest BCUT2D eigenvalue weighted by Crippen LogP contribution is -2.00. The Hall–Kier alpha value is -3.15. The smallest absolute Gasteiger partial charge is 0.300 e. The van der Waals surface area contributed by atoms with Gasteiger partial charge in [-0.15, -0.1) is 0 Å². The fraction of sp³-hybridized carbons (Fsp3) is 0.0588. The zero-order valence-electron chi connectivity index (χ0n) is 12.1. The van der Waals surface area contributed by atoms with Crippen LogP contribution in [0.1, 0.15) is 5.56 Å². The molecule has 2 aromatic heterocycles. The van der Waals surface area contributed by atoms with Crippen molar-refractivity contribution >= 4 is 22.8 Å². The Bertz CT molecular complexity index is 946. The van der Waals surface area contributed by atoms with Crippen molar-refractivity contribution in [1.29, 1.82) is 0 Å². The van der Waals surface area contributed by atoms with Gasteiger partial charge in [-0.05, 0) is 35.9 Å². The molecule has 0 bridgehead atoms. The summed E-state index contributed by atoms with van der Waals surface area (Å²) in [6.45, 7) is 0.682. The third-order valence-corrected chi connectivity index (χ3v) is 3.43. The topological polar surface area (TPSA) is 55.9 Å². The second kappa shape index (κ2) is 5.57. The Morgan fingerprint density at radius 1 is 1.13 bits per heavy atom. The predicted octanol–water partition coefficient (Wildman–Crippen LogP) is 3.96. The number of benzene rings is 2. The van der Waals surface area contributed by atoms with E-state index < -0.39 is 0 Å². The average Bonchev–Trinajstić information content (AvgIpc) is 3.16. The van der Waals surface area contributed by atoms with E-state index in [1.165, 1.54) is 12.1 Å². The van der Waals surface area contributed by atoms with Crippen LogP contribution in [-0.4, -0.2) is 14.8 Å². The highest BCUT2D eigenvalue weighted by Gasteiger charge is 2.07. The third-order valence-electron chi connectivity index (χ3n) is 3.43. The normalized spacial score (nSPS) is 11.0. The van der Waals surface area contributed by atoms with Crippen LogP contribution >= 0.6 is 0 Å². The van der Waals surface area contributed by atoms with Crippen molar-refractivity contribution in [2.24, 2.45) is 0 Å². The number of rotatable bonds is 4. The van der Waals surface area contributed by atoms with Gasteiger partial charge >= 0.3 is 0 Å². The van der Waals surface area contributed by atoms with E-state index in [0.717, 1.165) is 11.3 Å². The highest BCUT2D eigenvalue weighted by atomic mass is 19.1. The maximum Gasteiger partial charge on any atom is 0.300 e. The lowest BCUT2D eigenvalue weighted by Gasteiger charge is -2.05. The summed E-state index contributed by atoms with van der Waals surface area (Å²) in [4.78, 5) is 4.29. The molecule has 0 spiro atoms. The summed E-state index contributed by atoms with van der Waals surface area (Å²) in [5.74, 6) is -0.346. The zero-order chi connectivity index (χ0) is 15.6. The van der Waals surface area contributed by atoms with Crippen LogP contribution in [0.15, 0.2) is 65.3 Å². The number of hydrogen-bond donors (Lipinski definition) is 1. The van der Waals surface area contributed by atoms with E-state index in [-0.39, 0.29) is 5.82 Å². The van der Waals surface area contributed by atoms with E-state index in [4.69, 9.17) is 4.42 Å². The molecule has 0 atom stereocenters. The molecule has 4 aromatic rings. The molecular weight excluding hydrogens is 295 g/mol. The summed E-state index contributed by atoms with van der Waals surface area (Å²) in [5.41, 5.74) is 2.98. The van der Waals surface area contributed by atoms with Crippen LogP contribution in [0.4, 0.5) is 16.1 Å². The Kier molecular flexibility index (Phi) is 3.27. The summed E-state index contributed by atoms with van der Waals surface area (Å²) in [7, 11) is 0. The van der Waals surface area contributed by atoms with Crippen molar-refractivity contribution in [2.75, 3.05) is 5.32 Å². The minimum atomic E-state index is -0.346. The van der Waals surface area contributed by atoms with E-state index in [1.54, 1.807) is 12.3 Å². The summed E-state index contributed by atoms with van der Waals surface area (Å²) >= 11 is 0. The number of nitrogens with zero attached hydrogens (tertiary/aromatic N) is 3. The molecule has 0 saturated heterocycles. The van der Waals surface area contributed by atoms with Gasteiger partial charge in [-0.3, -0.25) is 4.68 Å². The second-order valence-electron chi connectivity index (χ2n) is 5.16. The van der Waals surface area contributed by atoms with Crippen molar-refractivity contribution < 1.29 is 8.81 Å². The summed E-state index contributed by atoms with van der Waals surface area (Å²) < 4.78 is 20.6. The van der Waals surface area contributed by atoms with Gasteiger partial charge in [0.1, 0.15) is 11.3 Å². The number of fused-ring (bicyclic) bond motifs is 1. The number of anilines is 2. The van der Waals surface area contributed by atoms with Crippen LogP contribution in [0.5, 0.6) is 0 Å². The molecular formula is C17H13FN4O. The van der Waals surface area contributed by atoms with Gasteiger partial charge in [0.2, 0.25) is 0 Å². The molecule has 1 N–H and O–H groups in total. The van der Waals surface area contributed by atoms with Crippen LogP contribution in [0.3, 0.4) is 0 Å². The standard InChI is InChI=1S/C17H13FN4O/c18-13-5-6-15-16(10-13)23-17(21-15)20-14-4-1-3-12(9-14)11-22-8-2-7-19-22/h1-10H,11H2,(H,20,21). The Morgan fingerprint density at radius 2 is 2.09 bits per heavy atom. The first-order chi connectivity index (χ1) is 11.3. The SMILES string of the molecule is Fc1ccc2nc(Nc3cccc(Cn4cccn4)c3)oc2c1. The molecule has 5 nitrogen and oxygen atoms in total. The Morgan fingerprint density at radius 3 is 2.96 bits per heavy atom. The van der Waals surface area contributed by atoms with E-state index in [0.29, 0.717) is 23.7 Å². The van der Waals surface area contributed by atoms with Crippen LogP contribution in [0.25, 0.3) is 11.1 Å². The number of aromatic nitrogens is 3. The fourth-order valence-electron chi connectivity index (χ4n) is 2.40. The molecule has 0 aliphatic heterocycles. The lowest BCUT2D eigenvalue weighted by molar-refractivity contribution is 0.604. The first kappa shape index (κ1) is 13.5. The summed E-state index contributed by atoms with van der Waals surface area (Å²) in [6.07, 6.45) is 3.66. The Balaban J connectivity index is 1.57. The molecule has 0 amide bonds. The second-order valence-corrected chi connectivity index (χ2v) is 5.16. The Labute approximate surface area is 131 Å². The molecule has 0 fully saturated rings. The molecule has 0 aliphatic carbocycles. The molecule has 0 aliphatic rings. The van der Waals surface area contributed by atoms with Crippen LogP contribution < -0.4 is 5.32 Å². The monoisotopic (exact) mass is 308 g/mol. The molecule has 2 heterocycles. The highest BCUT2D eigenvalue weighted by Crippen LogP contribution is 2.23. The van der Waals surface area contributed by atoms with Crippen molar-refractivity contribution in [1.82, 2.24) is 14.8 Å². The van der Waals surface area contributed by atoms with Gasteiger partial charge in [0.25, 0.3) is 6.01 Å². The van der Waals surface area contributed by atoms with E-state index >= 15 is 0 Å². The zero-order valence-corrected chi connectivity index (χ0v) is 12.1. The molecule has 4 rings (SSSR count). The first-order valence-corrected chi connectivity index (χ1v) is 7.16. The summed E-state index contributed by atoms with van der Waals surface area (Å²) in [6, 6.07) is 14.4. The maximum absolute atomic E-state index is 13.2. The number of halogens is 1.